The fourth-order valence-electron chi connectivity index (χ4n) is 4.86. The van der Waals surface area contributed by atoms with Crippen LogP contribution in [0, 0.1) is 0 Å². The number of ether oxygens (including phenoxy) is 1. The summed E-state index contributed by atoms with van der Waals surface area (Å²) in [6, 6.07) is 9.54. The SMILES string of the molecule is CC(C)N(CCCNC(=O)Nc1ccc(C(C)(C)C)cc1)CC1OC(n2c(Br)cc3c(N)ncnc32)C(O)C1O. The third-order valence-electron chi connectivity index (χ3n) is 7.27. The highest BCUT2D eigenvalue weighted by Crippen LogP contribution is 2.37. The lowest BCUT2D eigenvalue weighted by atomic mass is 9.87. The molecule has 1 aliphatic heterocycles. The summed E-state index contributed by atoms with van der Waals surface area (Å²) in [5, 5.41) is 28.2. The molecule has 3 heterocycles. The number of anilines is 2. The molecule has 218 valence electrons. The quantitative estimate of drug-likeness (QED) is 0.228. The Hall–Kier alpha value is -2.77. The maximum atomic E-state index is 12.4. The highest BCUT2D eigenvalue weighted by Gasteiger charge is 2.45. The smallest absolute Gasteiger partial charge is 0.319 e. The molecule has 1 aromatic carbocycles. The number of carbonyl (C=O) groups is 1. The highest BCUT2D eigenvalue weighted by atomic mass is 79.9. The number of amides is 2. The Kier molecular flexibility index (Phi) is 9.36. The van der Waals surface area contributed by atoms with E-state index in [0.717, 1.165) is 5.69 Å². The number of nitrogens with zero attached hydrogens (tertiary/aromatic N) is 4. The molecule has 4 unspecified atom stereocenters. The van der Waals surface area contributed by atoms with Gasteiger partial charge in [-0.2, -0.15) is 0 Å². The topological polar surface area (TPSA) is 151 Å². The molecule has 1 fully saturated rings. The van der Waals surface area contributed by atoms with Crippen molar-refractivity contribution in [2.24, 2.45) is 0 Å². The van der Waals surface area contributed by atoms with Crippen molar-refractivity contribution >= 4 is 44.5 Å². The number of nitrogen functional groups attached to an aromatic ring is 1. The molecule has 0 saturated carbocycles. The maximum absolute atomic E-state index is 12.4. The highest BCUT2D eigenvalue weighted by molar-refractivity contribution is 9.10. The van der Waals surface area contributed by atoms with Crippen molar-refractivity contribution < 1.29 is 19.7 Å². The van der Waals surface area contributed by atoms with Crippen molar-refractivity contribution in [3.05, 3.63) is 46.8 Å². The van der Waals surface area contributed by atoms with Crippen molar-refractivity contribution in [1.29, 1.82) is 0 Å². The Labute approximate surface area is 243 Å². The third-order valence-corrected chi connectivity index (χ3v) is 7.88. The average Bonchev–Trinajstić information content (AvgIpc) is 3.36. The minimum Gasteiger partial charge on any atom is -0.387 e. The number of hydrogen-bond donors (Lipinski definition) is 5. The van der Waals surface area contributed by atoms with Crippen LogP contribution in [-0.2, 0) is 10.2 Å². The number of nitrogens with two attached hydrogens (primary N) is 1. The number of aliphatic hydroxyl groups excluding tert-OH is 2. The molecule has 40 heavy (non-hydrogen) atoms. The summed E-state index contributed by atoms with van der Waals surface area (Å²) in [6.45, 7) is 12.1. The molecule has 11 nitrogen and oxygen atoms in total. The monoisotopic (exact) mass is 617 g/mol. The molecule has 6 N–H and O–H groups in total. The molecule has 1 aliphatic rings. The van der Waals surface area contributed by atoms with Gasteiger partial charge in [-0.15, -0.1) is 0 Å². The molecular weight excluding hydrogens is 578 g/mol. The lowest BCUT2D eigenvalue weighted by molar-refractivity contribution is -0.0475. The lowest BCUT2D eigenvalue weighted by Gasteiger charge is -2.30. The van der Waals surface area contributed by atoms with E-state index in [1.54, 1.807) is 10.6 Å². The first-order valence-corrected chi connectivity index (χ1v) is 14.3. The van der Waals surface area contributed by atoms with E-state index in [0.29, 0.717) is 47.5 Å². The summed E-state index contributed by atoms with van der Waals surface area (Å²) in [4.78, 5) is 22.9. The molecule has 0 aliphatic carbocycles. The first-order valence-electron chi connectivity index (χ1n) is 13.5. The fraction of sp³-hybridized carbons (Fsp3) is 0.536. The van der Waals surface area contributed by atoms with Gasteiger partial charge in [-0.25, -0.2) is 14.8 Å². The summed E-state index contributed by atoms with van der Waals surface area (Å²) in [5.74, 6) is 0.320. The van der Waals surface area contributed by atoms with Crippen LogP contribution in [-0.4, -0.2) is 79.7 Å². The Morgan fingerprint density at radius 3 is 2.55 bits per heavy atom. The number of carbonyl (C=O) groups excluding carboxylic acids is 1. The number of fused-ring (bicyclic) bond motifs is 1. The van der Waals surface area contributed by atoms with E-state index < -0.39 is 24.5 Å². The van der Waals surface area contributed by atoms with Crippen LogP contribution in [0.5, 0.6) is 0 Å². The summed E-state index contributed by atoms with van der Waals surface area (Å²) in [6.07, 6.45) is -1.68. The lowest BCUT2D eigenvalue weighted by Crippen LogP contribution is -2.44. The first kappa shape index (κ1) is 30.2. The van der Waals surface area contributed by atoms with Crippen LogP contribution >= 0.6 is 15.9 Å². The van der Waals surface area contributed by atoms with Gasteiger partial charge in [0.2, 0.25) is 0 Å². The Morgan fingerprint density at radius 2 is 1.90 bits per heavy atom. The number of urea groups is 1. The molecule has 12 heteroatoms. The summed E-state index contributed by atoms with van der Waals surface area (Å²) in [5.41, 5.74) is 8.49. The molecule has 4 rings (SSSR count). The van der Waals surface area contributed by atoms with Gasteiger partial charge in [-0.1, -0.05) is 32.9 Å². The van der Waals surface area contributed by atoms with E-state index >= 15 is 0 Å². The number of rotatable bonds is 9. The number of aliphatic hydroxyl groups is 2. The van der Waals surface area contributed by atoms with Crippen molar-refractivity contribution in [1.82, 2.24) is 24.8 Å². The molecule has 2 amide bonds. The second-order valence-corrected chi connectivity index (χ2v) is 12.3. The zero-order chi connectivity index (χ0) is 29.2. The number of hydrogen-bond acceptors (Lipinski definition) is 8. The maximum Gasteiger partial charge on any atom is 0.319 e. The van der Waals surface area contributed by atoms with Gasteiger partial charge in [-0.3, -0.25) is 9.47 Å². The van der Waals surface area contributed by atoms with Crippen LogP contribution in [0.25, 0.3) is 11.0 Å². The van der Waals surface area contributed by atoms with Gasteiger partial charge < -0.3 is 31.3 Å². The van der Waals surface area contributed by atoms with Gasteiger partial charge in [0.15, 0.2) is 6.23 Å². The molecule has 0 bridgehead atoms. The van der Waals surface area contributed by atoms with Crippen LogP contribution in [0.2, 0.25) is 0 Å². The van der Waals surface area contributed by atoms with Crippen LogP contribution in [0.15, 0.2) is 41.3 Å². The third kappa shape index (κ3) is 6.74. The normalized spacial score (nSPS) is 21.4. The van der Waals surface area contributed by atoms with Crippen LogP contribution in [0.4, 0.5) is 16.3 Å². The van der Waals surface area contributed by atoms with E-state index in [-0.39, 0.29) is 17.5 Å². The second-order valence-electron chi connectivity index (χ2n) is 11.5. The molecular formula is C28H40BrN7O4. The zero-order valence-corrected chi connectivity index (χ0v) is 25.2. The van der Waals surface area contributed by atoms with Crippen molar-refractivity contribution in [2.75, 3.05) is 30.7 Å². The van der Waals surface area contributed by atoms with E-state index in [1.165, 1.54) is 11.9 Å². The fourth-order valence-corrected chi connectivity index (χ4v) is 5.46. The van der Waals surface area contributed by atoms with Gasteiger partial charge in [-0.05, 0) is 65.4 Å². The number of benzene rings is 1. The van der Waals surface area contributed by atoms with Crippen molar-refractivity contribution in [3.63, 3.8) is 0 Å². The van der Waals surface area contributed by atoms with Gasteiger partial charge in [0.25, 0.3) is 0 Å². The van der Waals surface area contributed by atoms with Gasteiger partial charge in [0, 0.05) is 31.4 Å². The van der Waals surface area contributed by atoms with Crippen LogP contribution < -0.4 is 16.4 Å². The molecule has 4 atom stereocenters. The van der Waals surface area contributed by atoms with Crippen LogP contribution in [0.3, 0.4) is 0 Å². The van der Waals surface area contributed by atoms with Gasteiger partial charge >= 0.3 is 6.03 Å². The Bertz CT molecular complexity index is 1310. The van der Waals surface area contributed by atoms with Crippen molar-refractivity contribution in [3.8, 4) is 0 Å². The average molecular weight is 619 g/mol. The predicted molar refractivity (Wildman–Crippen MR) is 159 cm³/mol. The predicted octanol–water partition coefficient (Wildman–Crippen LogP) is 3.61. The van der Waals surface area contributed by atoms with Crippen molar-refractivity contribution in [2.45, 2.75) is 77.0 Å². The summed E-state index contributed by atoms with van der Waals surface area (Å²) >= 11 is 3.50. The van der Waals surface area contributed by atoms with Gasteiger partial charge in [0.1, 0.15) is 36.1 Å². The largest absolute Gasteiger partial charge is 0.387 e. The van der Waals surface area contributed by atoms with E-state index in [2.05, 4.69) is 76.1 Å². The molecule has 3 aromatic rings. The summed E-state index contributed by atoms with van der Waals surface area (Å²) in [7, 11) is 0. The minimum absolute atomic E-state index is 0.0542. The summed E-state index contributed by atoms with van der Waals surface area (Å²) < 4.78 is 8.48. The molecule has 2 aromatic heterocycles. The number of halogens is 1. The standard InChI is InChI=1S/C28H40BrN7O4/c1-16(2)35(12-6-11-31-27(39)34-18-9-7-17(8-10-18)28(3,4)5)14-20-22(37)23(38)26(40-20)36-21(29)13-19-24(30)32-15-33-25(19)36/h7-10,13,15-16,20,22-23,26,37-38H,6,11-12,14H2,1-5H3,(H2,30,32,33)(H2,31,34,39). The minimum atomic E-state index is -1.16. The Morgan fingerprint density at radius 1 is 1.20 bits per heavy atom. The molecule has 0 radical (unpaired) electrons. The van der Waals surface area contributed by atoms with E-state index in [9.17, 15) is 15.0 Å². The van der Waals surface area contributed by atoms with Crippen LogP contribution in [0.1, 0.15) is 52.8 Å². The number of aromatic nitrogens is 3. The number of nitrogens with one attached hydrogen (secondary N) is 2. The molecule has 0 spiro atoms. The zero-order valence-electron chi connectivity index (χ0n) is 23.6. The molecule has 1 saturated heterocycles. The van der Waals surface area contributed by atoms with E-state index in [1.807, 2.05) is 24.3 Å². The Balaban J connectivity index is 1.30. The van der Waals surface area contributed by atoms with E-state index in [4.69, 9.17) is 10.5 Å². The second kappa shape index (κ2) is 12.4. The van der Waals surface area contributed by atoms with Gasteiger partial charge in [0.05, 0.1) is 9.99 Å². The first-order chi connectivity index (χ1) is 18.9.